The Hall–Kier alpha value is -1.69. The highest BCUT2D eigenvalue weighted by Gasteiger charge is 2.02. The topological polar surface area (TPSA) is 56.0 Å². The van der Waals surface area contributed by atoms with Gasteiger partial charge in [0.05, 0.1) is 11.8 Å². The third-order valence-corrected chi connectivity index (χ3v) is 1.47. The third-order valence-electron chi connectivity index (χ3n) is 1.47. The van der Waals surface area contributed by atoms with Gasteiger partial charge in [-0.25, -0.2) is 0 Å². The summed E-state index contributed by atoms with van der Waals surface area (Å²) in [6, 6.07) is 8.56. The molecule has 0 spiro atoms. The second-order valence-electron chi connectivity index (χ2n) is 2.51. The van der Waals surface area contributed by atoms with Crippen molar-refractivity contribution >= 4 is 5.69 Å². The van der Waals surface area contributed by atoms with E-state index in [0.717, 1.165) is 0 Å². The van der Waals surface area contributed by atoms with Gasteiger partial charge in [0.1, 0.15) is 11.8 Å². The number of phenolic OH excluding ortho intramolecular Hbond substituents is 1. The van der Waals surface area contributed by atoms with E-state index in [0.29, 0.717) is 5.69 Å². The minimum absolute atomic E-state index is 0.166. The maximum Gasteiger partial charge on any atom is 0.138 e. The van der Waals surface area contributed by atoms with Gasteiger partial charge in [0.2, 0.25) is 0 Å². The first-order chi connectivity index (χ1) is 5.74. The Bertz CT molecular complexity index is 304. The average molecular weight is 162 g/mol. The van der Waals surface area contributed by atoms with Gasteiger partial charge < -0.3 is 10.4 Å². The fourth-order valence-electron chi connectivity index (χ4n) is 0.861. The van der Waals surface area contributed by atoms with Crippen LogP contribution in [0.3, 0.4) is 0 Å². The van der Waals surface area contributed by atoms with Gasteiger partial charge in [0.25, 0.3) is 0 Å². The quantitative estimate of drug-likeness (QED) is 0.651. The van der Waals surface area contributed by atoms with Crippen molar-refractivity contribution in [3.8, 4) is 11.8 Å². The van der Waals surface area contributed by atoms with Crippen LogP contribution in [0.4, 0.5) is 5.69 Å². The van der Waals surface area contributed by atoms with E-state index in [9.17, 15) is 5.11 Å². The summed E-state index contributed by atoms with van der Waals surface area (Å²) in [7, 11) is 0. The number of aromatic hydroxyl groups is 1. The molecule has 0 radical (unpaired) electrons. The predicted molar refractivity (Wildman–Crippen MR) is 46.8 cm³/mol. The number of para-hydroxylation sites is 2. The number of hydrogen-bond acceptors (Lipinski definition) is 3. The van der Waals surface area contributed by atoms with E-state index in [1.807, 2.05) is 6.07 Å². The smallest absolute Gasteiger partial charge is 0.138 e. The van der Waals surface area contributed by atoms with Crippen molar-refractivity contribution in [2.24, 2.45) is 0 Å². The van der Waals surface area contributed by atoms with Crippen molar-refractivity contribution in [3.63, 3.8) is 0 Å². The molecular weight excluding hydrogens is 152 g/mol. The molecule has 12 heavy (non-hydrogen) atoms. The lowest BCUT2D eigenvalue weighted by atomic mass is 10.2. The highest BCUT2D eigenvalue weighted by Crippen LogP contribution is 2.21. The lowest BCUT2D eigenvalue weighted by Gasteiger charge is -2.08. The molecule has 1 atom stereocenters. The molecule has 2 N–H and O–H groups in total. The molecule has 3 nitrogen and oxygen atoms in total. The summed E-state index contributed by atoms with van der Waals surface area (Å²) >= 11 is 0. The number of nitriles is 1. The second kappa shape index (κ2) is 3.63. The number of benzene rings is 1. The third kappa shape index (κ3) is 1.89. The molecule has 0 fully saturated rings. The van der Waals surface area contributed by atoms with E-state index < -0.39 is 0 Å². The fraction of sp³-hybridized carbons (Fsp3) is 0.222. The van der Waals surface area contributed by atoms with Crippen LogP contribution in [0.2, 0.25) is 0 Å². The molecule has 1 rings (SSSR count). The zero-order chi connectivity index (χ0) is 8.97. The van der Waals surface area contributed by atoms with Gasteiger partial charge in [-0.05, 0) is 19.1 Å². The number of nitrogens with one attached hydrogen (secondary N) is 1. The average Bonchev–Trinajstić information content (AvgIpc) is 2.09. The molecule has 0 aliphatic carbocycles. The Balaban J connectivity index is 2.77. The highest BCUT2D eigenvalue weighted by molar-refractivity contribution is 5.56. The van der Waals surface area contributed by atoms with Crippen molar-refractivity contribution < 1.29 is 5.11 Å². The number of hydrogen-bond donors (Lipinski definition) is 2. The Kier molecular flexibility index (Phi) is 2.54. The van der Waals surface area contributed by atoms with Gasteiger partial charge in [0, 0.05) is 0 Å². The molecule has 0 bridgehead atoms. The normalized spacial score (nSPS) is 11.7. The molecule has 0 aliphatic rings. The molecule has 1 aromatic carbocycles. The summed E-state index contributed by atoms with van der Waals surface area (Å²) in [4.78, 5) is 0. The van der Waals surface area contributed by atoms with Crippen LogP contribution in [0.5, 0.6) is 5.75 Å². The molecule has 0 aliphatic heterocycles. The lowest BCUT2D eigenvalue weighted by Crippen LogP contribution is -2.11. The number of nitrogens with zero attached hydrogens (tertiary/aromatic N) is 1. The standard InChI is InChI=1S/C9H10N2O/c1-7(6-10)11-8-4-2-3-5-9(8)12/h2-5,7,11-12H,1H3/t7-/m0/s1. The van der Waals surface area contributed by atoms with Gasteiger partial charge in [-0.1, -0.05) is 12.1 Å². The van der Waals surface area contributed by atoms with Crippen molar-refractivity contribution in [1.29, 1.82) is 5.26 Å². The van der Waals surface area contributed by atoms with Crippen LogP contribution in [0.15, 0.2) is 24.3 Å². The summed E-state index contributed by atoms with van der Waals surface area (Å²) in [5.74, 6) is 0.166. The molecule has 62 valence electrons. The highest BCUT2D eigenvalue weighted by atomic mass is 16.3. The maximum absolute atomic E-state index is 9.28. The lowest BCUT2D eigenvalue weighted by molar-refractivity contribution is 0.477. The molecule has 0 saturated heterocycles. The zero-order valence-electron chi connectivity index (χ0n) is 6.78. The number of anilines is 1. The molecular formula is C9H10N2O. The number of rotatable bonds is 2. The SMILES string of the molecule is C[C@@H](C#N)Nc1ccccc1O. The van der Waals surface area contributed by atoms with E-state index in [-0.39, 0.29) is 11.8 Å². The van der Waals surface area contributed by atoms with Crippen molar-refractivity contribution in [1.82, 2.24) is 0 Å². The molecule has 1 aromatic rings. The van der Waals surface area contributed by atoms with Crippen molar-refractivity contribution in [2.45, 2.75) is 13.0 Å². The summed E-state index contributed by atoms with van der Waals surface area (Å²) in [6.07, 6.45) is 0. The Morgan fingerprint density at radius 1 is 1.50 bits per heavy atom. The largest absolute Gasteiger partial charge is 0.506 e. The van der Waals surface area contributed by atoms with Gasteiger partial charge in [-0.2, -0.15) is 5.26 Å². The molecule has 0 aromatic heterocycles. The van der Waals surface area contributed by atoms with Crippen LogP contribution < -0.4 is 5.32 Å². The van der Waals surface area contributed by atoms with Gasteiger partial charge in [-0.15, -0.1) is 0 Å². The van der Waals surface area contributed by atoms with Crippen molar-refractivity contribution in [3.05, 3.63) is 24.3 Å². The molecule has 0 unspecified atom stereocenters. The van der Waals surface area contributed by atoms with E-state index >= 15 is 0 Å². The van der Waals surface area contributed by atoms with Crippen LogP contribution in [0.1, 0.15) is 6.92 Å². The van der Waals surface area contributed by atoms with Gasteiger partial charge in [-0.3, -0.25) is 0 Å². The van der Waals surface area contributed by atoms with Crippen LogP contribution in [-0.4, -0.2) is 11.1 Å². The van der Waals surface area contributed by atoms with E-state index in [4.69, 9.17) is 5.26 Å². The Labute approximate surface area is 71.3 Å². The first-order valence-corrected chi connectivity index (χ1v) is 3.68. The Morgan fingerprint density at radius 3 is 2.75 bits per heavy atom. The summed E-state index contributed by atoms with van der Waals surface area (Å²) in [6.45, 7) is 1.73. The summed E-state index contributed by atoms with van der Waals surface area (Å²) < 4.78 is 0. The first kappa shape index (κ1) is 8.41. The van der Waals surface area contributed by atoms with E-state index in [2.05, 4.69) is 5.32 Å². The Morgan fingerprint density at radius 2 is 2.17 bits per heavy atom. The maximum atomic E-state index is 9.28. The summed E-state index contributed by atoms with van der Waals surface area (Å²) in [5.41, 5.74) is 0.589. The number of phenols is 1. The van der Waals surface area contributed by atoms with Crippen molar-refractivity contribution in [2.75, 3.05) is 5.32 Å². The van der Waals surface area contributed by atoms with Crippen LogP contribution >= 0.6 is 0 Å². The van der Waals surface area contributed by atoms with E-state index in [1.165, 1.54) is 0 Å². The van der Waals surface area contributed by atoms with Crippen LogP contribution in [-0.2, 0) is 0 Å². The summed E-state index contributed by atoms with van der Waals surface area (Å²) in [5, 5.41) is 20.6. The molecule has 0 saturated carbocycles. The van der Waals surface area contributed by atoms with E-state index in [1.54, 1.807) is 31.2 Å². The zero-order valence-corrected chi connectivity index (χ0v) is 6.78. The predicted octanol–water partition coefficient (Wildman–Crippen LogP) is 1.72. The first-order valence-electron chi connectivity index (χ1n) is 3.68. The van der Waals surface area contributed by atoms with Gasteiger partial charge in [0.15, 0.2) is 0 Å². The monoisotopic (exact) mass is 162 g/mol. The molecule has 0 heterocycles. The minimum Gasteiger partial charge on any atom is -0.506 e. The second-order valence-corrected chi connectivity index (χ2v) is 2.51. The van der Waals surface area contributed by atoms with Gasteiger partial charge >= 0.3 is 0 Å². The van der Waals surface area contributed by atoms with Crippen LogP contribution in [0, 0.1) is 11.3 Å². The van der Waals surface area contributed by atoms with Crippen LogP contribution in [0.25, 0.3) is 0 Å². The molecule has 3 heteroatoms. The molecule has 0 amide bonds. The fourth-order valence-corrected chi connectivity index (χ4v) is 0.861. The minimum atomic E-state index is -0.293.